The van der Waals surface area contributed by atoms with Crippen LogP contribution in [0.5, 0.6) is 5.75 Å². The van der Waals surface area contributed by atoms with Crippen molar-refractivity contribution >= 4 is 28.2 Å². The lowest BCUT2D eigenvalue weighted by Gasteiger charge is -2.17. The Morgan fingerprint density at radius 2 is 2.42 bits per heavy atom. The number of benzene rings is 1. The number of aryl methyl sites for hydroxylation is 1. The summed E-state index contributed by atoms with van der Waals surface area (Å²) in [6.45, 7) is 2.94. The third-order valence-electron chi connectivity index (χ3n) is 1.71. The van der Waals surface area contributed by atoms with E-state index in [1.165, 1.54) is 23.4 Å². The molecule has 0 bridgehead atoms. The summed E-state index contributed by atoms with van der Waals surface area (Å²) in [6, 6.07) is 4.19. The fourth-order valence-electron chi connectivity index (χ4n) is 1.20. The van der Waals surface area contributed by atoms with Gasteiger partial charge in [0.05, 0.1) is 4.47 Å². The van der Waals surface area contributed by atoms with Gasteiger partial charge in [-0.05, 0) is 34.5 Å². The van der Waals surface area contributed by atoms with Gasteiger partial charge in [0.2, 0.25) is 0 Å². The minimum absolute atomic E-state index is 0.861. The Balaban J connectivity index is 2.53. The van der Waals surface area contributed by atoms with E-state index in [1.807, 2.05) is 0 Å². The summed E-state index contributed by atoms with van der Waals surface area (Å²) in [5, 5.41) is 0. The molecule has 2 rings (SSSR count). The van der Waals surface area contributed by atoms with E-state index >= 15 is 0 Å². The van der Waals surface area contributed by atoms with Crippen molar-refractivity contribution in [3.05, 3.63) is 27.7 Å². The lowest BCUT2D eigenvalue weighted by Crippen LogP contribution is -2.12. The predicted octanol–water partition coefficient (Wildman–Crippen LogP) is 2.80. The Labute approximate surface area is 84.2 Å². The van der Waals surface area contributed by atoms with Crippen LogP contribution in [-0.4, -0.2) is 0 Å². The molecule has 0 saturated carbocycles. The lowest BCUT2D eigenvalue weighted by atomic mass is 10.1. The third kappa shape index (κ3) is 1.46. The van der Waals surface area contributed by atoms with Gasteiger partial charge in [-0.2, -0.15) is 0 Å². The Bertz CT molecular complexity index is 316. The largest absolute Gasteiger partial charge is 0.408 e. The van der Waals surface area contributed by atoms with Crippen LogP contribution >= 0.6 is 28.2 Å². The number of rotatable bonds is 0. The molecular weight excluding hydrogens is 238 g/mol. The van der Waals surface area contributed by atoms with Crippen molar-refractivity contribution in [2.75, 3.05) is 0 Å². The summed E-state index contributed by atoms with van der Waals surface area (Å²) in [5.41, 5.74) is 2.46. The van der Waals surface area contributed by atoms with Gasteiger partial charge in [-0.25, -0.2) is 4.72 Å². The van der Waals surface area contributed by atoms with Gasteiger partial charge < -0.3 is 4.18 Å². The highest BCUT2D eigenvalue weighted by molar-refractivity contribution is 9.10. The molecule has 4 heteroatoms. The molecule has 2 nitrogen and oxygen atoms in total. The van der Waals surface area contributed by atoms with Crippen LogP contribution in [0.4, 0.5) is 0 Å². The Kier molecular flexibility index (Phi) is 2.30. The van der Waals surface area contributed by atoms with Gasteiger partial charge in [0.1, 0.15) is 12.2 Å². The molecule has 0 radical (unpaired) electrons. The van der Waals surface area contributed by atoms with E-state index in [0.29, 0.717) is 0 Å². The zero-order valence-electron chi connectivity index (χ0n) is 6.56. The molecule has 0 saturated heterocycles. The fraction of sp³-hybridized carbons (Fsp3) is 0.250. The summed E-state index contributed by atoms with van der Waals surface area (Å²) >= 11 is 4.74. The van der Waals surface area contributed by atoms with E-state index in [9.17, 15) is 0 Å². The summed E-state index contributed by atoms with van der Waals surface area (Å²) in [7, 11) is 0. The normalized spacial score (nSPS) is 15.2. The highest BCUT2D eigenvalue weighted by atomic mass is 79.9. The van der Waals surface area contributed by atoms with Crippen LogP contribution in [0.25, 0.3) is 0 Å². The summed E-state index contributed by atoms with van der Waals surface area (Å²) < 4.78 is 9.47. The highest BCUT2D eigenvalue weighted by Crippen LogP contribution is 2.35. The molecule has 1 aliphatic rings. The standard InChI is InChI=1S/C8H8BrNOS/c1-5-2-6-4-10-12-11-8(6)7(9)3-5/h2-3,10H,4H2,1H3. The number of halogens is 1. The van der Waals surface area contributed by atoms with Crippen LogP contribution < -0.4 is 8.91 Å². The van der Waals surface area contributed by atoms with Crippen LogP contribution in [0.3, 0.4) is 0 Å². The first-order chi connectivity index (χ1) is 5.77. The molecule has 0 aliphatic carbocycles. The molecule has 0 unspecified atom stereocenters. The van der Waals surface area contributed by atoms with Crippen LogP contribution in [0.2, 0.25) is 0 Å². The minimum atomic E-state index is 0.861. The quantitative estimate of drug-likeness (QED) is 0.561. The van der Waals surface area contributed by atoms with E-state index in [1.54, 1.807) is 0 Å². The smallest absolute Gasteiger partial charge is 0.157 e. The van der Waals surface area contributed by atoms with Crippen molar-refractivity contribution in [3.63, 3.8) is 0 Å². The Morgan fingerprint density at radius 3 is 3.25 bits per heavy atom. The number of nitrogens with one attached hydrogen (secondary N) is 1. The SMILES string of the molecule is Cc1cc(Br)c2c(c1)CNSO2. The lowest BCUT2D eigenvalue weighted by molar-refractivity contribution is 0.595. The second-order valence-corrected chi connectivity index (χ2v) is 4.20. The number of hydrogen-bond acceptors (Lipinski definition) is 3. The maximum Gasteiger partial charge on any atom is 0.157 e. The molecule has 0 spiro atoms. The number of fused-ring (bicyclic) bond motifs is 1. The number of hydrogen-bond donors (Lipinski definition) is 1. The van der Waals surface area contributed by atoms with Crippen molar-refractivity contribution in [2.45, 2.75) is 13.5 Å². The fourth-order valence-corrected chi connectivity index (χ4v) is 2.56. The monoisotopic (exact) mass is 245 g/mol. The molecule has 0 aromatic heterocycles. The maximum absolute atomic E-state index is 5.37. The minimum Gasteiger partial charge on any atom is -0.408 e. The summed E-state index contributed by atoms with van der Waals surface area (Å²) in [4.78, 5) is 0. The molecule has 64 valence electrons. The van der Waals surface area contributed by atoms with Crippen molar-refractivity contribution in [1.82, 2.24) is 4.72 Å². The Morgan fingerprint density at radius 1 is 1.58 bits per heavy atom. The molecule has 0 atom stereocenters. The van der Waals surface area contributed by atoms with Gasteiger partial charge >= 0.3 is 0 Å². The molecule has 1 aromatic carbocycles. The van der Waals surface area contributed by atoms with Crippen molar-refractivity contribution in [3.8, 4) is 5.75 Å². The molecule has 1 N–H and O–H groups in total. The summed E-state index contributed by atoms with van der Waals surface area (Å²) in [5.74, 6) is 0.948. The molecular formula is C8H8BrNOS. The first-order valence-corrected chi connectivity index (χ1v) is 5.16. The topological polar surface area (TPSA) is 21.3 Å². The van der Waals surface area contributed by atoms with Crippen LogP contribution in [0, 0.1) is 6.92 Å². The van der Waals surface area contributed by atoms with E-state index in [4.69, 9.17) is 4.18 Å². The first-order valence-electron chi connectivity index (χ1n) is 3.63. The molecule has 1 aromatic rings. The van der Waals surface area contributed by atoms with Crippen LogP contribution in [0.15, 0.2) is 16.6 Å². The van der Waals surface area contributed by atoms with Gasteiger partial charge in [-0.15, -0.1) is 0 Å². The van der Waals surface area contributed by atoms with Gasteiger partial charge in [-0.1, -0.05) is 6.07 Å². The molecule has 1 heterocycles. The van der Waals surface area contributed by atoms with Gasteiger partial charge in [0.25, 0.3) is 0 Å². The van der Waals surface area contributed by atoms with E-state index in [-0.39, 0.29) is 0 Å². The second kappa shape index (κ2) is 3.28. The van der Waals surface area contributed by atoms with Gasteiger partial charge in [0.15, 0.2) is 5.75 Å². The average Bonchev–Trinajstić information content (AvgIpc) is 2.04. The molecule has 12 heavy (non-hydrogen) atoms. The second-order valence-electron chi connectivity index (χ2n) is 2.72. The van der Waals surface area contributed by atoms with E-state index < -0.39 is 0 Å². The zero-order chi connectivity index (χ0) is 8.55. The highest BCUT2D eigenvalue weighted by Gasteiger charge is 2.14. The van der Waals surface area contributed by atoms with Crippen molar-refractivity contribution in [1.29, 1.82) is 0 Å². The van der Waals surface area contributed by atoms with Gasteiger partial charge in [0, 0.05) is 12.1 Å². The predicted molar refractivity (Wildman–Crippen MR) is 53.9 cm³/mol. The van der Waals surface area contributed by atoms with Crippen molar-refractivity contribution < 1.29 is 4.18 Å². The zero-order valence-corrected chi connectivity index (χ0v) is 8.96. The Hall–Kier alpha value is -0.190. The first kappa shape index (κ1) is 8.41. The van der Waals surface area contributed by atoms with E-state index in [2.05, 4.69) is 39.7 Å². The average molecular weight is 246 g/mol. The molecule has 0 fully saturated rings. The van der Waals surface area contributed by atoms with E-state index in [0.717, 1.165) is 16.8 Å². The van der Waals surface area contributed by atoms with Crippen molar-refractivity contribution in [2.24, 2.45) is 0 Å². The summed E-state index contributed by atoms with van der Waals surface area (Å²) in [6.07, 6.45) is 0. The maximum atomic E-state index is 5.37. The molecule has 0 amide bonds. The van der Waals surface area contributed by atoms with Crippen LogP contribution in [-0.2, 0) is 6.54 Å². The third-order valence-corrected chi connectivity index (χ3v) is 2.81. The van der Waals surface area contributed by atoms with Crippen LogP contribution in [0.1, 0.15) is 11.1 Å². The molecule has 1 aliphatic heterocycles. The van der Waals surface area contributed by atoms with Gasteiger partial charge in [-0.3, -0.25) is 0 Å².